The molecule has 0 aliphatic heterocycles. The van der Waals surface area contributed by atoms with Crippen LogP contribution in [0.25, 0.3) is 0 Å². The normalized spacial score (nSPS) is 10.0. The summed E-state index contributed by atoms with van der Waals surface area (Å²) in [5.41, 5.74) is 0. The maximum absolute atomic E-state index is 2.30. The molecular formula is C10H22In. The van der Waals surface area contributed by atoms with Crippen molar-refractivity contribution >= 4 is 22.9 Å². The van der Waals surface area contributed by atoms with Crippen molar-refractivity contribution in [3.05, 3.63) is 0 Å². The Hall–Kier alpha value is 0.870. The van der Waals surface area contributed by atoms with E-state index in [4.69, 9.17) is 0 Å². The van der Waals surface area contributed by atoms with Crippen molar-refractivity contribution in [2.24, 2.45) is 0 Å². The molecule has 0 N–H and O–H groups in total. The molecule has 11 heavy (non-hydrogen) atoms. The summed E-state index contributed by atoms with van der Waals surface area (Å²) in [6.45, 7) is 4.59. The van der Waals surface area contributed by atoms with Gasteiger partial charge in [0.1, 0.15) is 0 Å². The zero-order valence-electron chi connectivity index (χ0n) is 8.23. The van der Waals surface area contributed by atoms with Crippen LogP contribution >= 0.6 is 0 Å². The molecule has 0 atom stereocenters. The van der Waals surface area contributed by atoms with Gasteiger partial charge in [-0.2, -0.15) is 0 Å². The summed E-state index contributed by atoms with van der Waals surface area (Å²) in [5.74, 6) is 0. The molecule has 0 saturated carbocycles. The number of rotatable bonds is 8. The van der Waals surface area contributed by atoms with Gasteiger partial charge in [0.05, 0.1) is 0 Å². The Labute approximate surface area is 83.5 Å². The van der Waals surface area contributed by atoms with E-state index in [9.17, 15) is 0 Å². The molecule has 0 aromatic heterocycles. The molecule has 0 aromatic carbocycles. The molecule has 0 aliphatic rings. The van der Waals surface area contributed by atoms with Gasteiger partial charge in [0.25, 0.3) is 0 Å². The summed E-state index contributed by atoms with van der Waals surface area (Å²) in [7, 11) is 0. The van der Waals surface area contributed by atoms with E-state index in [0.29, 0.717) is 0 Å². The first-order valence-electron chi connectivity index (χ1n) is 5.23. The first-order valence-corrected chi connectivity index (χ1v) is 9.89. The van der Waals surface area contributed by atoms with Gasteiger partial charge in [-0.15, -0.1) is 0 Å². The second-order valence-electron chi connectivity index (χ2n) is 3.28. The van der Waals surface area contributed by atoms with Crippen molar-refractivity contribution in [2.45, 2.75) is 60.7 Å². The van der Waals surface area contributed by atoms with Gasteiger partial charge >= 0.3 is 83.6 Å². The number of hydrogen-bond donors (Lipinski definition) is 0. The van der Waals surface area contributed by atoms with Gasteiger partial charge in [0.15, 0.2) is 0 Å². The first-order chi connectivity index (χ1) is 5.41. The Morgan fingerprint density at radius 2 is 1.18 bits per heavy atom. The van der Waals surface area contributed by atoms with E-state index >= 15 is 0 Å². The van der Waals surface area contributed by atoms with Gasteiger partial charge in [-0.1, -0.05) is 0 Å². The van der Waals surface area contributed by atoms with Crippen LogP contribution < -0.4 is 0 Å². The quantitative estimate of drug-likeness (QED) is 0.578. The maximum atomic E-state index is 2.30. The summed E-state index contributed by atoms with van der Waals surface area (Å²) < 4.78 is 3.32. The monoisotopic (exact) mass is 257 g/mol. The molecule has 0 bridgehead atoms. The Kier molecular flexibility index (Phi) is 11.7. The molecule has 1 heteroatoms. The zero-order valence-corrected chi connectivity index (χ0v) is 11.5. The topological polar surface area (TPSA) is 0 Å². The fourth-order valence-corrected chi connectivity index (χ4v) is 5.34. The third-order valence-corrected chi connectivity index (χ3v) is 6.68. The van der Waals surface area contributed by atoms with Crippen LogP contribution in [-0.2, 0) is 0 Å². The summed E-state index contributed by atoms with van der Waals surface area (Å²) >= 11 is -0.0347. The molecule has 0 amide bonds. The molecule has 0 rings (SSSR count). The van der Waals surface area contributed by atoms with E-state index in [-0.39, 0.29) is 22.9 Å². The van der Waals surface area contributed by atoms with Crippen LogP contribution in [0.3, 0.4) is 0 Å². The van der Waals surface area contributed by atoms with Crippen molar-refractivity contribution < 1.29 is 0 Å². The van der Waals surface area contributed by atoms with Crippen LogP contribution in [0.4, 0.5) is 0 Å². The van der Waals surface area contributed by atoms with Gasteiger partial charge in [0, 0.05) is 0 Å². The van der Waals surface area contributed by atoms with E-state index in [1.807, 2.05) is 0 Å². The van der Waals surface area contributed by atoms with E-state index in [2.05, 4.69) is 13.8 Å². The Bertz CT molecular complexity index is 53.9. The molecule has 0 aromatic rings. The minimum absolute atomic E-state index is 0.0347. The molecule has 0 heterocycles. The summed E-state index contributed by atoms with van der Waals surface area (Å²) in [6, 6.07) is 0. The standard InChI is InChI=1S/2C5H11.In/c2*1-3-5-4-2;/h2*1,3-5H2,2H3;. The van der Waals surface area contributed by atoms with Crippen molar-refractivity contribution in [1.29, 1.82) is 0 Å². The average molecular weight is 257 g/mol. The van der Waals surface area contributed by atoms with Gasteiger partial charge in [-0.3, -0.25) is 0 Å². The second kappa shape index (κ2) is 10.9. The molecule has 1 radical (unpaired) electrons. The molecule has 0 nitrogen and oxygen atoms in total. The van der Waals surface area contributed by atoms with E-state index in [0.717, 1.165) is 0 Å². The SMILES string of the molecule is CCCC[CH2][In][CH2]CCCC. The summed E-state index contributed by atoms with van der Waals surface area (Å²) in [5, 5.41) is 0. The van der Waals surface area contributed by atoms with E-state index in [1.54, 1.807) is 21.2 Å². The molecule has 0 aliphatic carbocycles. The van der Waals surface area contributed by atoms with Crippen LogP contribution in [0, 0.1) is 0 Å². The predicted molar refractivity (Wildman–Crippen MR) is 54.4 cm³/mol. The zero-order chi connectivity index (χ0) is 8.36. The van der Waals surface area contributed by atoms with Crippen LogP contribution in [0.5, 0.6) is 0 Å². The molecule has 0 unspecified atom stereocenters. The molecule has 65 valence electrons. The third-order valence-electron chi connectivity index (χ3n) is 2.02. The van der Waals surface area contributed by atoms with Gasteiger partial charge in [-0.05, 0) is 0 Å². The Balaban J connectivity index is 2.69. The van der Waals surface area contributed by atoms with E-state index < -0.39 is 0 Å². The van der Waals surface area contributed by atoms with Crippen LogP contribution in [0.2, 0.25) is 8.35 Å². The number of hydrogen-bond acceptors (Lipinski definition) is 0. The van der Waals surface area contributed by atoms with Crippen molar-refractivity contribution in [1.82, 2.24) is 0 Å². The average Bonchev–Trinajstić information content (AvgIpc) is 2.03. The van der Waals surface area contributed by atoms with Gasteiger partial charge < -0.3 is 0 Å². The number of unbranched alkanes of at least 4 members (excludes halogenated alkanes) is 4. The first kappa shape index (κ1) is 11.9. The fourth-order valence-electron chi connectivity index (χ4n) is 1.22. The Morgan fingerprint density at radius 3 is 1.55 bits per heavy atom. The molecular weight excluding hydrogens is 235 g/mol. The van der Waals surface area contributed by atoms with Gasteiger partial charge in [-0.25, -0.2) is 0 Å². The van der Waals surface area contributed by atoms with Crippen molar-refractivity contribution in [2.75, 3.05) is 0 Å². The van der Waals surface area contributed by atoms with Crippen molar-refractivity contribution in [3.8, 4) is 0 Å². The van der Waals surface area contributed by atoms with Crippen LogP contribution in [-0.4, -0.2) is 22.9 Å². The second-order valence-corrected chi connectivity index (χ2v) is 8.22. The van der Waals surface area contributed by atoms with Crippen LogP contribution in [0.1, 0.15) is 52.4 Å². The minimum atomic E-state index is -0.0347. The van der Waals surface area contributed by atoms with Gasteiger partial charge in [0.2, 0.25) is 0 Å². The third kappa shape index (κ3) is 10.9. The van der Waals surface area contributed by atoms with Crippen LogP contribution in [0.15, 0.2) is 0 Å². The Morgan fingerprint density at radius 1 is 0.727 bits per heavy atom. The van der Waals surface area contributed by atoms with E-state index in [1.165, 1.54) is 25.7 Å². The summed E-state index contributed by atoms with van der Waals surface area (Å²) in [6.07, 6.45) is 8.86. The molecule has 0 spiro atoms. The predicted octanol–water partition coefficient (Wildman–Crippen LogP) is 3.91. The van der Waals surface area contributed by atoms with Crippen molar-refractivity contribution in [3.63, 3.8) is 0 Å². The molecule has 0 fully saturated rings. The fraction of sp³-hybridized carbons (Fsp3) is 1.00. The molecule has 0 saturated heterocycles. The summed E-state index contributed by atoms with van der Waals surface area (Å²) in [4.78, 5) is 0.